The van der Waals surface area contributed by atoms with Crippen molar-refractivity contribution in [1.82, 2.24) is 0 Å². The van der Waals surface area contributed by atoms with E-state index in [-0.39, 0.29) is 11.3 Å². The Morgan fingerprint density at radius 2 is 1.53 bits per heavy atom. The Balaban J connectivity index is 2.33. The summed E-state index contributed by atoms with van der Waals surface area (Å²) in [5.74, 6) is 2.02. The first-order valence-electron chi connectivity index (χ1n) is 9.68. The fourth-order valence-corrected chi connectivity index (χ4v) is 4.02. The van der Waals surface area contributed by atoms with Gasteiger partial charge in [0.1, 0.15) is 11.4 Å². The Morgan fingerprint density at radius 1 is 0.933 bits per heavy atom. The molecule has 7 nitrogen and oxygen atoms in total. The molecule has 1 aromatic heterocycles. The van der Waals surface area contributed by atoms with Crippen LogP contribution in [-0.4, -0.2) is 38.7 Å². The molecule has 1 heterocycles. The number of aliphatic hydroxyl groups is 1. The van der Waals surface area contributed by atoms with Gasteiger partial charge in [-0.05, 0) is 43.2 Å². The summed E-state index contributed by atoms with van der Waals surface area (Å²) in [5, 5.41) is 23.2. The number of benzene rings is 2. The summed E-state index contributed by atoms with van der Waals surface area (Å²) in [6.45, 7) is 3.75. The maximum atomic E-state index is 12.0. The highest BCUT2D eigenvalue weighted by Gasteiger charge is 2.38. The van der Waals surface area contributed by atoms with E-state index in [2.05, 4.69) is 0 Å². The number of aryl methyl sites for hydroxylation is 1. The van der Waals surface area contributed by atoms with E-state index in [4.69, 9.17) is 23.4 Å². The second kappa shape index (κ2) is 8.36. The fourth-order valence-electron chi connectivity index (χ4n) is 4.02. The molecule has 0 saturated heterocycles. The van der Waals surface area contributed by atoms with Gasteiger partial charge in [-0.3, -0.25) is 0 Å². The Bertz CT molecular complexity index is 1030. The average Bonchev–Trinajstić information content (AvgIpc) is 3.10. The lowest BCUT2D eigenvalue weighted by molar-refractivity contribution is 0.0693. The van der Waals surface area contributed by atoms with Crippen molar-refractivity contribution in [1.29, 1.82) is 0 Å². The lowest BCUT2D eigenvalue weighted by atomic mass is 9.81. The van der Waals surface area contributed by atoms with E-state index in [1.165, 1.54) is 28.4 Å². The molecule has 2 aromatic carbocycles. The van der Waals surface area contributed by atoms with Gasteiger partial charge < -0.3 is 33.6 Å². The molecule has 2 N–H and O–H groups in total. The van der Waals surface area contributed by atoms with Crippen LogP contribution in [0, 0.1) is 6.92 Å². The normalized spacial score (nSPS) is 13.2. The molecule has 0 amide bonds. The summed E-state index contributed by atoms with van der Waals surface area (Å²) in [6, 6.07) is 6.90. The highest BCUT2D eigenvalue weighted by Crippen LogP contribution is 2.48. The van der Waals surface area contributed by atoms with Crippen molar-refractivity contribution in [2.24, 2.45) is 0 Å². The molecule has 0 saturated carbocycles. The average molecular weight is 416 g/mol. The number of phenolic OH excluding ortho intramolecular Hbond substituents is 1. The number of ether oxygens (including phenoxy) is 4. The molecule has 30 heavy (non-hydrogen) atoms. The second-order valence-corrected chi connectivity index (χ2v) is 7.05. The molecule has 7 heteroatoms. The van der Waals surface area contributed by atoms with Crippen molar-refractivity contribution in [3.8, 4) is 28.7 Å². The Labute approximate surface area is 175 Å². The molecule has 1 atom stereocenters. The topological polar surface area (TPSA) is 90.5 Å². The first kappa shape index (κ1) is 21.6. The van der Waals surface area contributed by atoms with Crippen LogP contribution in [0.2, 0.25) is 0 Å². The lowest BCUT2D eigenvalue weighted by Gasteiger charge is -2.30. The number of rotatable bonds is 8. The Kier molecular flexibility index (Phi) is 6.03. The van der Waals surface area contributed by atoms with Gasteiger partial charge in [0.15, 0.2) is 22.8 Å². The molecule has 0 aliphatic rings. The standard InChI is InChI=1S/C23H28O7/c1-7-10-23(25,14-11-17(27-4)22(29-6)18(12-14)28-5)19-13(2)30-21-15(19)8-9-16(26-3)20(21)24/h8-9,11-12,24-25H,7,10H2,1-6H3. The van der Waals surface area contributed by atoms with E-state index in [9.17, 15) is 10.2 Å². The molecule has 0 bridgehead atoms. The first-order chi connectivity index (χ1) is 14.4. The summed E-state index contributed by atoms with van der Waals surface area (Å²) in [4.78, 5) is 0. The van der Waals surface area contributed by atoms with Gasteiger partial charge in [0.05, 0.1) is 28.4 Å². The van der Waals surface area contributed by atoms with Crippen molar-refractivity contribution >= 4 is 11.0 Å². The maximum Gasteiger partial charge on any atom is 0.203 e. The van der Waals surface area contributed by atoms with Crippen molar-refractivity contribution in [3.63, 3.8) is 0 Å². The number of fused-ring (bicyclic) bond motifs is 1. The number of hydrogen-bond acceptors (Lipinski definition) is 7. The van der Waals surface area contributed by atoms with Gasteiger partial charge in [-0.2, -0.15) is 0 Å². The Morgan fingerprint density at radius 3 is 2.03 bits per heavy atom. The number of phenols is 1. The largest absolute Gasteiger partial charge is 0.502 e. The van der Waals surface area contributed by atoms with E-state index >= 15 is 0 Å². The SMILES string of the molecule is CCCC(O)(c1cc(OC)c(OC)c(OC)c1)c1c(C)oc2c(O)c(OC)ccc12. The third-order valence-corrected chi connectivity index (χ3v) is 5.36. The minimum atomic E-state index is -1.42. The minimum Gasteiger partial charge on any atom is -0.502 e. The molecular weight excluding hydrogens is 388 g/mol. The fraction of sp³-hybridized carbons (Fsp3) is 0.391. The van der Waals surface area contributed by atoms with Crippen LogP contribution in [-0.2, 0) is 5.60 Å². The summed E-state index contributed by atoms with van der Waals surface area (Å²) >= 11 is 0. The maximum absolute atomic E-state index is 12.0. The molecule has 0 aliphatic heterocycles. The number of hydrogen-bond donors (Lipinski definition) is 2. The monoisotopic (exact) mass is 416 g/mol. The van der Waals surface area contributed by atoms with Gasteiger partial charge in [-0.25, -0.2) is 0 Å². The molecule has 0 spiro atoms. The van der Waals surface area contributed by atoms with Gasteiger partial charge in [0, 0.05) is 10.9 Å². The number of aromatic hydroxyl groups is 1. The second-order valence-electron chi connectivity index (χ2n) is 7.05. The van der Waals surface area contributed by atoms with Crippen LogP contribution in [0.3, 0.4) is 0 Å². The first-order valence-corrected chi connectivity index (χ1v) is 9.68. The predicted octanol–water partition coefficient (Wildman–Crippen LogP) is 4.52. The van der Waals surface area contributed by atoms with Crippen LogP contribution < -0.4 is 18.9 Å². The lowest BCUT2D eigenvalue weighted by Crippen LogP contribution is -2.28. The molecular formula is C23H28O7. The smallest absolute Gasteiger partial charge is 0.203 e. The quantitative estimate of drug-likeness (QED) is 0.558. The zero-order valence-corrected chi connectivity index (χ0v) is 18.2. The zero-order chi connectivity index (χ0) is 22.1. The van der Waals surface area contributed by atoms with E-state index in [1.54, 1.807) is 31.2 Å². The molecule has 0 fully saturated rings. The van der Waals surface area contributed by atoms with E-state index in [1.807, 2.05) is 6.92 Å². The molecule has 3 aromatic rings. The van der Waals surface area contributed by atoms with Crippen molar-refractivity contribution in [2.45, 2.75) is 32.3 Å². The summed E-state index contributed by atoms with van der Waals surface area (Å²) in [6.07, 6.45) is 1.11. The van der Waals surface area contributed by atoms with Crippen LogP contribution >= 0.6 is 0 Å². The van der Waals surface area contributed by atoms with Crippen LogP contribution in [0.15, 0.2) is 28.7 Å². The molecule has 1 unspecified atom stereocenters. The molecule has 3 rings (SSSR count). The third kappa shape index (κ3) is 3.29. The molecule has 0 radical (unpaired) electrons. The van der Waals surface area contributed by atoms with E-state index in [0.29, 0.717) is 58.1 Å². The van der Waals surface area contributed by atoms with E-state index in [0.717, 1.165) is 0 Å². The van der Waals surface area contributed by atoms with Crippen LogP contribution in [0.1, 0.15) is 36.7 Å². The summed E-state index contributed by atoms with van der Waals surface area (Å²) < 4.78 is 27.4. The number of methoxy groups -OCH3 is 4. The van der Waals surface area contributed by atoms with Gasteiger partial charge in [-0.15, -0.1) is 0 Å². The zero-order valence-electron chi connectivity index (χ0n) is 18.2. The highest BCUT2D eigenvalue weighted by atomic mass is 16.5. The van der Waals surface area contributed by atoms with Crippen molar-refractivity contribution in [3.05, 3.63) is 41.2 Å². The highest BCUT2D eigenvalue weighted by molar-refractivity contribution is 5.90. The molecule has 162 valence electrons. The van der Waals surface area contributed by atoms with Gasteiger partial charge in [0.25, 0.3) is 0 Å². The van der Waals surface area contributed by atoms with Gasteiger partial charge in [-0.1, -0.05) is 13.3 Å². The van der Waals surface area contributed by atoms with E-state index < -0.39 is 5.60 Å². The van der Waals surface area contributed by atoms with Crippen molar-refractivity contribution in [2.75, 3.05) is 28.4 Å². The molecule has 0 aliphatic carbocycles. The summed E-state index contributed by atoms with van der Waals surface area (Å²) in [5.41, 5.74) is -0.00634. The van der Waals surface area contributed by atoms with Crippen LogP contribution in [0.5, 0.6) is 28.7 Å². The minimum absolute atomic E-state index is 0.104. The Hall–Kier alpha value is -3.06. The third-order valence-electron chi connectivity index (χ3n) is 5.36. The van der Waals surface area contributed by atoms with Gasteiger partial charge in [0.2, 0.25) is 11.5 Å². The van der Waals surface area contributed by atoms with Gasteiger partial charge >= 0.3 is 0 Å². The predicted molar refractivity (Wildman–Crippen MR) is 113 cm³/mol. The summed E-state index contributed by atoms with van der Waals surface area (Å²) in [7, 11) is 6.06. The number of furan rings is 1. The van der Waals surface area contributed by atoms with Crippen molar-refractivity contribution < 1.29 is 33.6 Å². The van der Waals surface area contributed by atoms with Crippen LogP contribution in [0.25, 0.3) is 11.0 Å². The van der Waals surface area contributed by atoms with Crippen LogP contribution in [0.4, 0.5) is 0 Å².